The Morgan fingerprint density at radius 3 is 3.12 bits per heavy atom. The van der Waals surface area contributed by atoms with Gasteiger partial charge in [-0.15, -0.1) is 0 Å². The van der Waals surface area contributed by atoms with Gasteiger partial charge in [-0.3, -0.25) is 0 Å². The molecule has 0 saturated heterocycles. The van der Waals surface area contributed by atoms with Gasteiger partial charge in [0.15, 0.2) is 5.82 Å². The Morgan fingerprint density at radius 1 is 1.56 bits per heavy atom. The van der Waals surface area contributed by atoms with Gasteiger partial charge in [0.1, 0.15) is 5.82 Å². The van der Waals surface area contributed by atoms with Crippen LogP contribution in [0.3, 0.4) is 0 Å². The van der Waals surface area contributed by atoms with Crippen molar-refractivity contribution in [1.82, 2.24) is 15.1 Å². The molecule has 2 aromatic heterocycles. The fraction of sp³-hybridized carbons (Fsp3) is 0.200. The minimum Gasteiger partial charge on any atom is -0.361 e. The van der Waals surface area contributed by atoms with Crippen LogP contribution in [0.4, 0.5) is 5.82 Å². The summed E-state index contributed by atoms with van der Waals surface area (Å²) in [6.07, 6.45) is 1.57. The molecule has 1 N–H and O–H groups in total. The Morgan fingerprint density at radius 2 is 2.44 bits per heavy atom. The first-order chi connectivity index (χ1) is 7.78. The lowest BCUT2D eigenvalue weighted by molar-refractivity contribution is 0.379. The highest BCUT2D eigenvalue weighted by Crippen LogP contribution is 2.07. The summed E-state index contributed by atoms with van der Waals surface area (Å²) < 4.78 is 4.93. The van der Waals surface area contributed by atoms with E-state index in [9.17, 15) is 0 Å². The van der Waals surface area contributed by atoms with Crippen LogP contribution < -0.4 is 5.32 Å². The van der Waals surface area contributed by atoms with Crippen LogP contribution in [-0.4, -0.2) is 15.1 Å². The predicted octanol–water partition coefficient (Wildman–Crippen LogP) is 1.26. The Hall–Kier alpha value is -2.42. The molecule has 0 spiro atoms. The molecule has 0 atom stereocenters. The van der Waals surface area contributed by atoms with Gasteiger partial charge >= 0.3 is 0 Å². The van der Waals surface area contributed by atoms with Gasteiger partial charge in [-0.05, 0) is 19.1 Å². The molecule has 2 heterocycles. The van der Waals surface area contributed by atoms with Crippen molar-refractivity contribution < 1.29 is 4.52 Å². The van der Waals surface area contributed by atoms with Crippen LogP contribution in [0.5, 0.6) is 0 Å². The van der Waals surface area contributed by atoms with Crippen molar-refractivity contribution in [2.45, 2.75) is 13.5 Å². The third-order valence-electron chi connectivity index (χ3n) is 1.88. The highest BCUT2D eigenvalue weighted by molar-refractivity contribution is 5.42. The molecule has 80 valence electrons. The van der Waals surface area contributed by atoms with Gasteiger partial charge in [0, 0.05) is 6.20 Å². The molecule has 0 unspecified atom stereocenters. The first-order valence-corrected chi connectivity index (χ1v) is 4.67. The molecule has 0 radical (unpaired) electrons. The van der Waals surface area contributed by atoms with E-state index in [1.165, 1.54) is 0 Å². The largest absolute Gasteiger partial charge is 0.361 e. The lowest BCUT2D eigenvalue weighted by atomic mass is 10.3. The van der Waals surface area contributed by atoms with Crippen molar-refractivity contribution in [3.8, 4) is 6.07 Å². The molecule has 6 nitrogen and oxygen atoms in total. The van der Waals surface area contributed by atoms with Gasteiger partial charge in [-0.2, -0.15) is 10.2 Å². The van der Waals surface area contributed by atoms with Crippen LogP contribution in [0.2, 0.25) is 0 Å². The number of aryl methyl sites for hydroxylation is 1. The van der Waals surface area contributed by atoms with Crippen LogP contribution in [-0.2, 0) is 6.54 Å². The smallest absolute Gasteiger partial charge is 0.245 e. The lowest BCUT2D eigenvalue weighted by Gasteiger charge is -2.01. The molecule has 6 heteroatoms. The van der Waals surface area contributed by atoms with Crippen molar-refractivity contribution in [2.24, 2.45) is 0 Å². The average molecular weight is 215 g/mol. The summed E-state index contributed by atoms with van der Waals surface area (Å²) >= 11 is 0. The van der Waals surface area contributed by atoms with Gasteiger partial charge in [-0.1, -0.05) is 5.16 Å². The highest BCUT2D eigenvalue weighted by Gasteiger charge is 2.02. The van der Waals surface area contributed by atoms with Crippen LogP contribution in [0.15, 0.2) is 22.9 Å². The van der Waals surface area contributed by atoms with E-state index in [0.717, 1.165) is 0 Å². The molecule has 16 heavy (non-hydrogen) atoms. The molecule has 2 rings (SSSR count). The number of nitrogens with one attached hydrogen (secondary N) is 1. The van der Waals surface area contributed by atoms with Crippen molar-refractivity contribution in [1.29, 1.82) is 5.26 Å². The zero-order valence-electron chi connectivity index (χ0n) is 8.64. The van der Waals surface area contributed by atoms with Gasteiger partial charge in [0.05, 0.1) is 18.2 Å². The molecule has 0 aliphatic rings. The molecule has 0 aromatic carbocycles. The molecule has 0 amide bonds. The van der Waals surface area contributed by atoms with Gasteiger partial charge in [-0.25, -0.2) is 4.98 Å². The fourth-order valence-corrected chi connectivity index (χ4v) is 1.17. The zero-order chi connectivity index (χ0) is 11.4. The number of pyridine rings is 1. The molecule has 0 bridgehead atoms. The zero-order valence-corrected chi connectivity index (χ0v) is 8.64. The third kappa shape index (κ3) is 2.33. The van der Waals surface area contributed by atoms with Crippen molar-refractivity contribution in [2.75, 3.05) is 5.32 Å². The van der Waals surface area contributed by atoms with E-state index in [1.807, 2.05) is 6.07 Å². The SMILES string of the molecule is Cc1noc(CNc2cc(C#N)ccn2)n1. The Labute approximate surface area is 91.9 Å². The normalized spacial score (nSPS) is 9.75. The second-order valence-electron chi connectivity index (χ2n) is 3.13. The molecule has 0 aliphatic carbocycles. The van der Waals surface area contributed by atoms with E-state index < -0.39 is 0 Å². The second kappa shape index (κ2) is 4.40. The number of hydrogen-bond donors (Lipinski definition) is 1. The molecular formula is C10H9N5O. The summed E-state index contributed by atoms with van der Waals surface area (Å²) in [6.45, 7) is 2.14. The molecule has 0 aliphatic heterocycles. The van der Waals surface area contributed by atoms with Gasteiger partial charge < -0.3 is 9.84 Å². The number of nitriles is 1. The van der Waals surface area contributed by atoms with Crippen molar-refractivity contribution in [3.63, 3.8) is 0 Å². The number of rotatable bonds is 3. The van der Waals surface area contributed by atoms with Crippen molar-refractivity contribution >= 4 is 5.82 Å². The summed E-state index contributed by atoms with van der Waals surface area (Å²) in [5.74, 6) is 1.69. The molecule has 2 aromatic rings. The highest BCUT2D eigenvalue weighted by atomic mass is 16.5. The molecular weight excluding hydrogens is 206 g/mol. The lowest BCUT2D eigenvalue weighted by Crippen LogP contribution is -2.01. The summed E-state index contributed by atoms with van der Waals surface area (Å²) in [4.78, 5) is 8.09. The maximum absolute atomic E-state index is 8.70. The van der Waals surface area contributed by atoms with E-state index >= 15 is 0 Å². The maximum atomic E-state index is 8.70. The predicted molar refractivity (Wildman–Crippen MR) is 55.3 cm³/mol. The van der Waals surface area contributed by atoms with E-state index in [-0.39, 0.29) is 0 Å². The second-order valence-corrected chi connectivity index (χ2v) is 3.13. The Balaban J connectivity index is 2.02. The van der Waals surface area contributed by atoms with E-state index in [1.54, 1.807) is 25.3 Å². The first kappa shape index (κ1) is 10.1. The monoisotopic (exact) mass is 215 g/mol. The van der Waals surface area contributed by atoms with Crippen LogP contribution in [0.25, 0.3) is 0 Å². The van der Waals surface area contributed by atoms with Gasteiger partial charge in [0.25, 0.3) is 0 Å². The van der Waals surface area contributed by atoms with Crippen molar-refractivity contribution in [3.05, 3.63) is 35.6 Å². The summed E-state index contributed by atoms with van der Waals surface area (Å²) in [6, 6.07) is 5.34. The molecule has 0 saturated carbocycles. The maximum Gasteiger partial charge on any atom is 0.245 e. The first-order valence-electron chi connectivity index (χ1n) is 4.67. The summed E-state index contributed by atoms with van der Waals surface area (Å²) in [5, 5.41) is 15.4. The topological polar surface area (TPSA) is 87.6 Å². The van der Waals surface area contributed by atoms with Crippen LogP contribution in [0.1, 0.15) is 17.3 Å². The Bertz CT molecular complexity index is 528. The quantitative estimate of drug-likeness (QED) is 0.829. The third-order valence-corrected chi connectivity index (χ3v) is 1.88. The summed E-state index contributed by atoms with van der Waals surface area (Å²) in [7, 11) is 0. The van der Waals surface area contributed by atoms with E-state index in [0.29, 0.717) is 29.6 Å². The number of aromatic nitrogens is 3. The minimum atomic E-state index is 0.392. The van der Waals surface area contributed by atoms with E-state index in [4.69, 9.17) is 9.78 Å². The minimum absolute atomic E-state index is 0.392. The number of nitrogens with zero attached hydrogens (tertiary/aromatic N) is 4. The standard InChI is InChI=1S/C10H9N5O/c1-7-14-10(16-15-7)6-13-9-4-8(5-11)2-3-12-9/h2-4H,6H2,1H3,(H,12,13). The molecule has 0 fully saturated rings. The van der Waals surface area contributed by atoms with Gasteiger partial charge in [0.2, 0.25) is 5.89 Å². The average Bonchev–Trinajstić information content (AvgIpc) is 2.73. The number of hydrogen-bond acceptors (Lipinski definition) is 6. The summed E-state index contributed by atoms with van der Waals surface area (Å²) in [5.41, 5.74) is 0.555. The number of anilines is 1. The van der Waals surface area contributed by atoms with E-state index in [2.05, 4.69) is 20.4 Å². The fourth-order valence-electron chi connectivity index (χ4n) is 1.17. The van der Waals surface area contributed by atoms with Crippen LogP contribution >= 0.6 is 0 Å². The Kier molecular flexibility index (Phi) is 2.78. The van der Waals surface area contributed by atoms with Crippen LogP contribution in [0, 0.1) is 18.3 Å².